The SMILES string of the molecule is O=C(Cc1ccc2c(c1)[nH]c1cc(Cl)ccc12)Nc1ccc(O)c(F)c1. The zero-order valence-corrected chi connectivity index (χ0v) is 14.3. The Bertz CT molecular complexity index is 1150. The van der Waals surface area contributed by atoms with Crippen molar-refractivity contribution in [2.45, 2.75) is 6.42 Å². The maximum atomic E-state index is 13.3. The lowest BCUT2D eigenvalue weighted by Gasteiger charge is -2.06. The summed E-state index contributed by atoms with van der Waals surface area (Å²) < 4.78 is 13.3. The lowest BCUT2D eigenvalue weighted by atomic mass is 10.1. The molecule has 3 aromatic carbocycles. The van der Waals surface area contributed by atoms with E-state index in [1.165, 1.54) is 12.1 Å². The molecule has 0 fully saturated rings. The van der Waals surface area contributed by atoms with E-state index in [0.29, 0.717) is 10.7 Å². The molecule has 4 nitrogen and oxygen atoms in total. The smallest absolute Gasteiger partial charge is 0.228 e. The molecule has 0 aliphatic heterocycles. The van der Waals surface area contributed by atoms with Gasteiger partial charge in [0, 0.05) is 38.6 Å². The van der Waals surface area contributed by atoms with Crippen molar-refractivity contribution in [3.8, 4) is 5.75 Å². The van der Waals surface area contributed by atoms with Gasteiger partial charge in [0.2, 0.25) is 5.91 Å². The van der Waals surface area contributed by atoms with Crippen LogP contribution in [0.4, 0.5) is 10.1 Å². The summed E-state index contributed by atoms with van der Waals surface area (Å²) in [6.07, 6.45) is 0.147. The largest absolute Gasteiger partial charge is 0.505 e. The summed E-state index contributed by atoms with van der Waals surface area (Å²) in [7, 11) is 0. The van der Waals surface area contributed by atoms with E-state index in [9.17, 15) is 14.3 Å². The summed E-state index contributed by atoms with van der Waals surface area (Å²) in [5.41, 5.74) is 2.98. The summed E-state index contributed by atoms with van der Waals surface area (Å²) in [6, 6.07) is 15.2. The van der Waals surface area contributed by atoms with Crippen molar-refractivity contribution in [2.75, 3.05) is 5.32 Å². The summed E-state index contributed by atoms with van der Waals surface area (Å²) in [6.45, 7) is 0. The van der Waals surface area contributed by atoms with Crippen molar-refractivity contribution in [1.29, 1.82) is 0 Å². The summed E-state index contributed by atoms with van der Waals surface area (Å²) in [5.74, 6) is -1.50. The van der Waals surface area contributed by atoms with Gasteiger partial charge >= 0.3 is 0 Å². The van der Waals surface area contributed by atoms with Crippen LogP contribution in [0.25, 0.3) is 21.8 Å². The van der Waals surface area contributed by atoms with Gasteiger partial charge in [0.15, 0.2) is 11.6 Å². The predicted molar refractivity (Wildman–Crippen MR) is 101 cm³/mol. The number of aromatic hydroxyl groups is 1. The number of amides is 1. The van der Waals surface area contributed by atoms with E-state index in [2.05, 4.69) is 10.3 Å². The quantitative estimate of drug-likeness (QED) is 0.445. The van der Waals surface area contributed by atoms with Crippen molar-refractivity contribution < 1.29 is 14.3 Å². The van der Waals surface area contributed by atoms with Crippen LogP contribution in [-0.2, 0) is 11.2 Å². The Balaban J connectivity index is 1.57. The molecule has 0 radical (unpaired) electrons. The molecule has 26 heavy (non-hydrogen) atoms. The number of benzene rings is 3. The van der Waals surface area contributed by atoms with Crippen molar-refractivity contribution in [3.05, 3.63) is 71.0 Å². The minimum Gasteiger partial charge on any atom is -0.505 e. The summed E-state index contributed by atoms with van der Waals surface area (Å²) in [5, 5.41) is 14.6. The van der Waals surface area contributed by atoms with Gasteiger partial charge in [-0.15, -0.1) is 0 Å². The first-order valence-corrected chi connectivity index (χ1v) is 8.35. The number of aromatic nitrogens is 1. The van der Waals surface area contributed by atoms with Crippen LogP contribution in [0, 0.1) is 5.82 Å². The van der Waals surface area contributed by atoms with Gasteiger partial charge in [-0.1, -0.05) is 29.8 Å². The molecule has 0 spiro atoms. The first-order valence-electron chi connectivity index (χ1n) is 7.98. The van der Waals surface area contributed by atoms with Gasteiger partial charge in [0.05, 0.1) is 6.42 Å². The number of halogens is 2. The van der Waals surface area contributed by atoms with E-state index in [-0.39, 0.29) is 12.3 Å². The minimum atomic E-state index is -0.777. The highest BCUT2D eigenvalue weighted by atomic mass is 35.5. The van der Waals surface area contributed by atoms with Crippen LogP contribution < -0.4 is 5.32 Å². The number of fused-ring (bicyclic) bond motifs is 3. The second kappa shape index (κ2) is 6.35. The Morgan fingerprint density at radius 1 is 1.04 bits per heavy atom. The number of carbonyl (C=O) groups is 1. The van der Waals surface area contributed by atoms with E-state index >= 15 is 0 Å². The third-order valence-corrected chi connectivity index (χ3v) is 4.46. The topological polar surface area (TPSA) is 65.1 Å². The van der Waals surface area contributed by atoms with Crippen LogP contribution in [0.3, 0.4) is 0 Å². The monoisotopic (exact) mass is 368 g/mol. The summed E-state index contributed by atoms with van der Waals surface area (Å²) in [4.78, 5) is 15.5. The van der Waals surface area contributed by atoms with Gasteiger partial charge in [0.1, 0.15) is 0 Å². The van der Waals surface area contributed by atoms with Crippen LogP contribution in [0.2, 0.25) is 5.02 Å². The van der Waals surface area contributed by atoms with Crippen LogP contribution in [0.15, 0.2) is 54.6 Å². The highest BCUT2D eigenvalue weighted by molar-refractivity contribution is 6.31. The lowest BCUT2D eigenvalue weighted by molar-refractivity contribution is -0.115. The van der Waals surface area contributed by atoms with E-state index in [1.807, 2.05) is 36.4 Å². The third kappa shape index (κ3) is 3.09. The number of rotatable bonds is 3. The second-order valence-corrected chi connectivity index (χ2v) is 6.52. The Hall–Kier alpha value is -3.05. The Morgan fingerprint density at radius 3 is 2.54 bits per heavy atom. The fourth-order valence-corrected chi connectivity index (χ4v) is 3.19. The van der Waals surface area contributed by atoms with Gasteiger partial charge in [-0.25, -0.2) is 4.39 Å². The molecule has 0 unspecified atom stereocenters. The van der Waals surface area contributed by atoms with Crippen molar-refractivity contribution in [2.24, 2.45) is 0 Å². The standard InChI is InChI=1S/C20H14ClFN2O2/c21-12-2-5-15-14-4-1-11(7-17(14)24-18(15)9-12)8-20(26)23-13-3-6-19(25)16(22)10-13/h1-7,9-10,24-25H,8H2,(H,23,26). The Morgan fingerprint density at radius 2 is 1.77 bits per heavy atom. The zero-order valence-electron chi connectivity index (χ0n) is 13.5. The van der Waals surface area contributed by atoms with Crippen LogP contribution in [0.1, 0.15) is 5.56 Å². The fraction of sp³-hybridized carbons (Fsp3) is 0.0500. The maximum absolute atomic E-state index is 13.3. The van der Waals surface area contributed by atoms with Crippen LogP contribution >= 0.6 is 11.6 Å². The number of nitrogens with one attached hydrogen (secondary N) is 2. The van der Waals surface area contributed by atoms with Crippen molar-refractivity contribution in [1.82, 2.24) is 4.98 Å². The highest BCUT2D eigenvalue weighted by Crippen LogP contribution is 2.28. The van der Waals surface area contributed by atoms with Gasteiger partial charge < -0.3 is 15.4 Å². The fourth-order valence-electron chi connectivity index (χ4n) is 3.01. The molecule has 0 aliphatic carbocycles. The number of phenolic OH excluding ortho intramolecular Hbond substituents is 1. The molecule has 0 saturated heterocycles. The molecule has 0 aliphatic rings. The normalized spacial score (nSPS) is 11.2. The molecular weight excluding hydrogens is 355 g/mol. The molecule has 130 valence electrons. The first kappa shape index (κ1) is 16.4. The van der Waals surface area contributed by atoms with Crippen molar-refractivity contribution in [3.63, 3.8) is 0 Å². The highest BCUT2D eigenvalue weighted by Gasteiger charge is 2.09. The van der Waals surface area contributed by atoms with Gasteiger partial charge in [0.25, 0.3) is 0 Å². The molecule has 0 bridgehead atoms. The van der Waals surface area contributed by atoms with Crippen LogP contribution in [0.5, 0.6) is 5.75 Å². The molecule has 4 rings (SSSR count). The molecule has 1 aromatic heterocycles. The number of hydrogen-bond donors (Lipinski definition) is 3. The molecule has 0 saturated carbocycles. The average Bonchev–Trinajstić information content (AvgIpc) is 2.94. The minimum absolute atomic E-state index is 0.147. The molecule has 4 aromatic rings. The maximum Gasteiger partial charge on any atom is 0.228 e. The predicted octanol–water partition coefficient (Wildman–Crippen LogP) is 5.00. The number of hydrogen-bond acceptors (Lipinski definition) is 2. The van der Waals surface area contributed by atoms with Crippen LogP contribution in [-0.4, -0.2) is 16.0 Å². The number of phenols is 1. The second-order valence-electron chi connectivity index (χ2n) is 6.09. The molecule has 1 heterocycles. The molecule has 6 heteroatoms. The van der Waals surface area contributed by atoms with E-state index in [1.54, 1.807) is 0 Å². The zero-order chi connectivity index (χ0) is 18.3. The van der Waals surface area contributed by atoms with Gasteiger partial charge in [-0.3, -0.25) is 4.79 Å². The van der Waals surface area contributed by atoms with E-state index in [0.717, 1.165) is 33.4 Å². The number of H-pyrrole nitrogens is 1. The molecule has 3 N–H and O–H groups in total. The van der Waals surface area contributed by atoms with Gasteiger partial charge in [-0.2, -0.15) is 0 Å². The molecular formula is C20H14ClFN2O2. The van der Waals surface area contributed by atoms with Crippen molar-refractivity contribution >= 4 is 45.0 Å². The number of anilines is 1. The third-order valence-electron chi connectivity index (χ3n) is 4.22. The first-order chi connectivity index (χ1) is 12.5. The van der Waals surface area contributed by atoms with Gasteiger partial charge in [-0.05, 0) is 35.9 Å². The Kier molecular flexibility index (Phi) is 4.01. The molecule has 0 atom stereocenters. The average molecular weight is 369 g/mol. The van der Waals surface area contributed by atoms with E-state index in [4.69, 9.17) is 11.6 Å². The van der Waals surface area contributed by atoms with E-state index < -0.39 is 11.6 Å². The molecule has 1 amide bonds. The number of carbonyl (C=O) groups excluding carboxylic acids is 1. The number of aromatic amines is 1. The summed E-state index contributed by atoms with van der Waals surface area (Å²) >= 11 is 6.03. The lowest BCUT2D eigenvalue weighted by Crippen LogP contribution is -2.14. The Labute approximate surface area is 153 Å².